The Balaban J connectivity index is 2.25. The summed E-state index contributed by atoms with van der Waals surface area (Å²) < 4.78 is 0. The maximum absolute atomic E-state index is 6.17. The molecule has 0 aliphatic rings. The summed E-state index contributed by atoms with van der Waals surface area (Å²) in [6.45, 7) is 0. The average Bonchev–Trinajstić information content (AvgIpc) is 2.32. The van der Waals surface area contributed by atoms with E-state index >= 15 is 0 Å². The largest absolute Gasteiger partial charge is 0.378 e. The summed E-state index contributed by atoms with van der Waals surface area (Å²) in [5.74, 6) is 0. The van der Waals surface area contributed by atoms with Gasteiger partial charge in [-0.2, -0.15) is 0 Å². The molecule has 0 heterocycles. The lowest BCUT2D eigenvalue weighted by Gasteiger charge is -2.13. The van der Waals surface area contributed by atoms with Crippen LogP contribution < -0.4 is 4.90 Å². The Morgan fingerprint density at radius 1 is 1.00 bits per heavy atom. The highest BCUT2D eigenvalue weighted by Gasteiger charge is 2.02. The van der Waals surface area contributed by atoms with Gasteiger partial charge in [-0.05, 0) is 35.7 Å². The van der Waals surface area contributed by atoms with Crippen molar-refractivity contribution < 1.29 is 0 Å². The van der Waals surface area contributed by atoms with Crippen molar-refractivity contribution in [2.75, 3.05) is 19.0 Å². The molecule has 0 saturated carbocycles. The minimum atomic E-state index is 0.836. The number of anilines is 1. The van der Waals surface area contributed by atoms with E-state index in [1.807, 2.05) is 18.2 Å². The normalized spacial score (nSPS) is 10.3. The van der Waals surface area contributed by atoms with Crippen molar-refractivity contribution in [3.63, 3.8) is 0 Å². The SMILES string of the molecule is CN(C)c1cccc(Cc2ccccc2Cl)c1. The monoisotopic (exact) mass is 245 g/mol. The van der Waals surface area contributed by atoms with Gasteiger partial charge in [0, 0.05) is 24.8 Å². The lowest BCUT2D eigenvalue weighted by atomic mass is 10.0. The summed E-state index contributed by atoms with van der Waals surface area (Å²) in [5, 5.41) is 0.836. The Hall–Kier alpha value is -1.47. The molecule has 2 rings (SSSR count). The maximum atomic E-state index is 6.17. The number of nitrogens with zero attached hydrogens (tertiary/aromatic N) is 1. The van der Waals surface area contributed by atoms with Gasteiger partial charge in [-0.1, -0.05) is 41.9 Å². The fourth-order valence-electron chi connectivity index (χ4n) is 1.81. The fourth-order valence-corrected chi connectivity index (χ4v) is 2.01. The van der Waals surface area contributed by atoms with Gasteiger partial charge in [0.2, 0.25) is 0 Å². The van der Waals surface area contributed by atoms with E-state index in [0.717, 1.165) is 11.4 Å². The van der Waals surface area contributed by atoms with Crippen molar-refractivity contribution in [2.45, 2.75) is 6.42 Å². The highest BCUT2D eigenvalue weighted by molar-refractivity contribution is 6.31. The van der Waals surface area contributed by atoms with Crippen molar-refractivity contribution >= 4 is 17.3 Å². The molecule has 0 unspecified atom stereocenters. The standard InChI is InChI=1S/C15H16ClN/c1-17(2)14-8-5-6-12(11-14)10-13-7-3-4-9-15(13)16/h3-9,11H,10H2,1-2H3. The lowest BCUT2D eigenvalue weighted by Crippen LogP contribution is -2.08. The molecule has 0 saturated heterocycles. The van der Waals surface area contributed by atoms with Crippen molar-refractivity contribution in [3.05, 3.63) is 64.7 Å². The Kier molecular flexibility index (Phi) is 3.70. The molecule has 0 N–H and O–H groups in total. The predicted octanol–water partition coefficient (Wildman–Crippen LogP) is 4.00. The van der Waals surface area contributed by atoms with Crippen LogP contribution in [0.25, 0.3) is 0 Å². The van der Waals surface area contributed by atoms with Crippen molar-refractivity contribution in [1.82, 2.24) is 0 Å². The minimum Gasteiger partial charge on any atom is -0.378 e. The van der Waals surface area contributed by atoms with Crippen molar-refractivity contribution in [1.29, 1.82) is 0 Å². The van der Waals surface area contributed by atoms with E-state index in [0.29, 0.717) is 0 Å². The quantitative estimate of drug-likeness (QED) is 0.790. The zero-order valence-electron chi connectivity index (χ0n) is 10.2. The van der Waals surface area contributed by atoms with Gasteiger partial charge in [-0.15, -0.1) is 0 Å². The lowest BCUT2D eigenvalue weighted by molar-refractivity contribution is 1.11. The second-order valence-electron chi connectivity index (χ2n) is 4.33. The fraction of sp³-hybridized carbons (Fsp3) is 0.200. The number of hydrogen-bond acceptors (Lipinski definition) is 1. The Morgan fingerprint density at radius 2 is 1.76 bits per heavy atom. The van der Waals surface area contributed by atoms with E-state index in [1.54, 1.807) is 0 Å². The first-order valence-electron chi connectivity index (χ1n) is 5.66. The van der Waals surface area contributed by atoms with E-state index in [1.165, 1.54) is 16.8 Å². The third-order valence-corrected chi connectivity index (χ3v) is 3.15. The van der Waals surface area contributed by atoms with Gasteiger partial charge in [0.05, 0.1) is 0 Å². The van der Waals surface area contributed by atoms with Crippen LogP contribution in [0.4, 0.5) is 5.69 Å². The summed E-state index contributed by atoms with van der Waals surface area (Å²) in [5.41, 5.74) is 3.67. The minimum absolute atomic E-state index is 0.836. The zero-order chi connectivity index (χ0) is 12.3. The van der Waals surface area contributed by atoms with Crippen LogP contribution in [0.2, 0.25) is 5.02 Å². The smallest absolute Gasteiger partial charge is 0.0441 e. The zero-order valence-corrected chi connectivity index (χ0v) is 10.9. The first-order chi connectivity index (χ1) is 8.16. The highest BCUT2D eigenvalue weighted by atomic mass is 35.5. The van der Waals surface area contributed by atoms with E-state index in [9.17, 15) is 0 Å². The molecule has 88 valence electrons. The molecule has 1 nitrogen and oxygen atoms in total. The molecule has 0 aliphatic carbocycles. The van der Waals surface area contributed by atoms with Crippen LogP contribution in [0, 0.1) is 0 Å². The van der Waals surface area contributed by atoms with Gasteiger partial charge < -0.3 is 4.90 Å². The van der Waals surface area contributed by atoms with Crippen LogP contribution >= 0.6 is 11.6 Å². The van der Waals surface area contributed by atoms with Crippen molar-refractivity contribution in [3.8, 4) is 0 Å². The topological polar surface area (TPSA) is 3.24 Å². The van der Waals surface area contributed by atoms with E-state index < -0.39 is 0 Å². The summed E-state index contributed by atoms with van der Waals surface area (Å²) in [7, 11) is 4.10. The number of hydrogen-bond donors (Lipinski definition) is 0. The molecule has 2 heteroatoms. The van der Waals surface area contributed by atoms with E-state index in [4.69, 9.17) is 11.6 Å². The molecule has 0 bridgehead atoms. The molecular weight excluding hydrogens is 230 g/mol. The van der Waals surface area contributed by atoms with E-state index in [2.05, 4.69) is 49.3 Å². The molecule has 0 aliphatic heterocycles. The second kappa shape index (κ2) is 5.24. The maximum Gasteiger partial charge on any atom is 0.0441 e. The Labute approximate surface area is 108 Å². The van der Waals surface area contributed by atoms with E-state index in [-0.39, 0.29) is 0 Å². The number of rotatable bonds is 3. The summed E-state index contributed by atoms with van der Waals surface area (Å²) >= 11 is 6.17. The van der Waals surface area contributed by atoms with Gasteiger partial charge >= 0.3 is 0 Å². The molecule has 0 atom stereocenters. The van der Waals surface area contributed by atoms with Crippen LogP contribution in [0.5, 0.6) is 0 Å². The first-order valence-corrected chi connectivity index (χ1v) is 6.04. The average molecular weight is 246 g/mol. The Morgan fingerprint density at radius 3 is 2.47 bits per heavy atom. The molecule has 2 aromatic carbocycles. The third kappa shape index (κ3) is 3.01. The number of benzene rings is 2. The van der Waals surface area contributed by atoms with Crippen molar-refractivity contribution in [2.24, 2.45) is 0 Å². The first kappa shape index (κ1) is 12.0. The molecule has 17 heavy (non-hydrogen) atoms. The number of halogens is 1. The predicted molar refractivity (Wildman–Crippen MR) is 75.0 cm³/mol. The molecule has 0 amide bonds. The van der Waals surface area contributed by atoms with Gasteiger partial charge in [0.25, 0.3) is 0 Å². The molecule has 2 aromatic rings. The second-order valence-corrected chi connectivity index (χ2v) is 4.74. The van der Waals surface area contributed by atoms with Gasteiger partial charge in [-0.3, -0.25) is 0 Å². The third-order valence-electron chi connectivity index (χ3n) is 2.78. The summed E-state index contributed by atoms with van der Waals surface area (Å²) in [4.78, 5) is 2.11. The molecular formula is C15H16ClN. The van der Waals surface area contributed by atoms with Crippen LogP contribution in [0.1, 0.15) is 11.1 Å². The van der Waals surface area contributed by atoms with Crippen LogP contribution in [0.3, 0.4) is 0 Å². The molecule has 0 fully saturated rings. The van der Waals surface area contributed by atoms with Gasteiger partial charge in [0.1, 0.15) is 0 Å². The van der Waals surface area contributed by atoms with Crippen LogP contribution in [-0.2, 0) is 6.42 Å². The molecule has 0 aromatic heterocycles. The Bertz CT molecular complexity index is 506. The molecule has 0 radical (unpaired) electrons. The summed E-state index contributed by atoms with van der Waals surface area (Å²) in [6.07, 6.45) is 0.876. The van der Waals surface area contributed by atoms with Gasteiger partial charge in [0.15, 0.2) is 0 Å². The van der Waals surface area contributed by atoms with Crippen LogP contribution in [0.15, 0.2) is 48.5 Å². The highest BCUT2D eigenvalue weighted by Crippen LogP contribution is 2.21. The molecule has 0 spiro atoms. The van der Waals surface area contributed by atoms with Crippen LogP contribution in [-0.4, -0.2) is 14.1 Å². The summed E-state index contributed by atoms with van der Waals surface area (Å²) in [6, 6.07) is 16.5. The van der Waals surface area contributed by atoms with Gasteiger partial charge in [-0.25, -0.2) is 0 Å².